The molecule has 4 aliphatic rings. The van der Waals surface area contributed by atoms with E-state index in [1.807, 2.05) is 0 Å². The summed E-state index contributed by atoms with van der Waals surface area (Å²) in [6, 6.07) is 2.40. The molecule has 3 amide bonds. The zero-order chi connectivity index (χ0) is 26.8. The monoisotopic (exact) mass is 529 g/mol. The number of carbonyl (C=O) groups excluding carboxylic acids is 3. The van der Waals surface area contributed by atoms with Crippen LogP contribution in [0.2, 0.25) is 0 Å². The van der Waals surface area contributed by atoms with Crippen LogP contribution in [0.25, 0.3) is 0 Å². The van der Waals surface area contributed by atoms with Crippen LogP contribution < -0.4 is 20.7 Å². The van der Waals surface area contributed by atoms with Gasteiger partial charge in [0.25, 0.3) is 0 Å². The quantitative estimate of drug-likeness (QED) is 0.497. The predicted molar refractivity (Wildman–Crippen MR) is 140 cm³/mol. The zero-order valence-electron chi connectivity index (χ0n) is 22.4. The zero-order valence-corrected chi connectivity index (χ0v) is 22.4. The lowest BCUT2D eigenvalue weighted by atomic mass is 9.82. The molecule has 9 nitrogen and oxygen atoms in total. The third-order valence-corrected chi connectivity index (χ3v) is 8.86. The summed E-state index contributed by atoms with van der Waals surface area (Å²) in [5, 5.41) is 9.08. The summed E-state index contributed by atoms with van der Waals surface area (Å²) >= 11 is 0. The number of nitrogens with zero attached hydrogens (tertiary/aromatic N) is 2. The van der Waals surface area contributed by atoms with Gasteiger partial charge in [-0.25, -0.2) is 4.39 Å². The molecule has 208 valence electrons. The molecule has 0 aromatic heterocycles. The number of nitrogens with one attached hydrogen (secondary N) is 3. The van der Waals surface area contributed by atoms with Crippen molar-refractivity contribution < 1.29 is 23.5 Å². The van der Waals surface area contributed by atoms with Gasteiger partial charge in [0.1, 0.15) is 30.3 Å². The van der Waals surface area contributed by atoms with Gasteiger partial charge in [-0.15, -0.1) is 0 Å². The number of carbonyl (C=O) groups is 3. The highest BCUT2D eigenvalue weighted by atomic mass is 19.1. The molecule has 1 aliphatic carbocycles. The molecule has 0 bridgehead atoms. The topological polar surface area (TPSA) is 103 Å². The molecular weight excluding hydrogens is 489 g/mol. The van der Waals surface area contributed by atoms with E-state index in [-0.39, 0.29) is 42.1 Å². The molecular formula is C28H40FN5O4. The molecule has 38 heavy (non-hydrogen) atoms. The molecule has 5 rings (SSSR count). The maximum atomic E-state index is 14.2. The number of ether oxygens (including phenoxy) is 1. The van der Waals surface area contributed by atoms with Crippen LogP contribution in [0.5, 0.6) is 5.75 Å². The fourth-order valence-corrected chi connectivity index (χ4v) is 6.49. The largest absolute Gasteiger partial charge is 0.491 e. The number of hydrogen-bond donors (Lipinski definition) is 3. The third kappa shape index (κ3) is 5.52. The Morgan fingerprint density at radius 2 is 1.87 bits per heavy atom. The van der Waals surface area contributed by atoms with Gasteiger partial charge in [0.05, 0.1) is 12.1 Å². The Labute approximate surface area is 223 Å². The summed E-state index contributed by atoms with van der Waals surface area (Å²) < 4.78 is 19.3. The first-order valence-electron chi connectivity index (χ1n) is 14.1. The van der Waals surface area contributed by atoms with E-state index in [1.54, 1.807) is 24.9 Å². The van der Waals surface area contributed by atoms with Crippen molar-refractivity contribution in [1.29, 1.82) is 0 Å². The maximum Gasteiger partial charge on any atom is 0.246 e. The van der Waals surface area contributed by atoms with Crippen molar-refractivity contribution in [1.82, 2.24) is 25.8 Å². The van der Waals surface area contributed by atoms with E-state index in [0.717, 1.165) is 57.1 Å². The normalized spacial score (nSPS) is 27.1. The summed E-state index contributed by atoms with van der Waals surface area (Å²) in [5.74, 6) is -0.505. The molecule has 1 saturated carbocycles. The highest BCUT2D eigenvalue weighted by molar-refractivity contribution is 5.93. The number of fused-ring (bicyclic) bond motifs is 2. The lowest BCUT2D eigenvalue weighted by molar-refractivity contribution is -0.149. The van der Waals surface area contributed by atoms with E-state index in [1.165, 1.54) is 12.1 Å². The van der Waals surface area contributed by atoms with Gasteiger partial charge >= 0.3 is 0 Å². The molecule has 0 radical (unpaired) electrons. The van der Waals surface area contributed by atoms with Crippen LogP contribution >= 0.6 is 0 Å². The number of amides is 3. The lowest BCUT2D eigenvalue weighted by Gasteiger charge is -2.45. The Balaban J connectivity index is 1.37. The van der Waals surface area contributed by atoms with Gasteiger partial charge in [-0.1, -0.05) is 25.3 Å². The van der Waals surface area contributed by atoms with Crippen molar-refractivity contribution in [3.8, 4) is 5.75 Å². The fourth-order valence-electron chi connectivity index (χ4n) is 6.49. The Morgan fingerprint density at radius 1 is 1.08 bits per heavy atom. The average Bonchev–Trinajstić information content (AvgIpc) is 3.56. The van der Waals surface area contributed by atoms with Crippen molar-refractivity contribution in [2.45, 2.75) is 82.1 Å². The van der Waals surface area contributed by atoms with Crippen LogP contribution in [0, 0.1) is 11.7 Å². The molecule has 2 unspecified atom stereocenters. The molecule has 1 aromatic carbocycles. The van der Waals surface area contributed by atoms with E-state index in [2.05, 4.69) is 20.9 Å². The summed E-state index contributed by atoms with van der Waals surface area (Å²) in [5.41, 5.74) is 0.737. The standard InChI is InChI=1S/C28H40FN5O4/c1-17(30-2)26(35)32-25(18-7-4-3-5-8-18)28(37)34-14-20-9-6-12-33(20)15-23(34)27(36)31-22-16-38-24-13-19(29)10-11-21(22)24/h10-11,13,17-18,20,22-23,25,30H,3-9,12,14-16H2,1-2H3,(H,31,36)(H,32,35)/t17-,20+,22?,23?,25-/m0/s1. The molecule has 3 fully saturated rings. The van der Waals surface area contributed by atoms with Crippen molar-refractivity contribution in [2.24, 2.45) is 5.92 Å². The highest BCUT2D eigenvalue weighted by Gasteiger charge is 2.45. The Morgan fingerprint density at radius 3 is 2.63 bits per heavy atom. The van der Waals surface area contributed by atoms with Crippen molar-refractivity contribution in [3.63, 3.8) is 0 Å². The molecule has 5 atom stereocenters. The van der Waals surface area contributed by atoms with Crippen LogP contribution in [-0.4, -0.2) is 85.0 Å². The SMILES string of the molecule is CN[C@@H](C)C(=O)N[C@H](C(=O)N1C[C@H]2CCCN2CC1C(=O)NC1COc2cc(F)ccc21)C1CCCCC1. The molecule has 2 saturated heterocycles. The first-order valence-corrected chi connectivity index (χ1v) is 14.1. The van der Waals surface area contributed by atoms with E-state index in [9.17, 15) is 18.8 Å². The molecule has 1 aromatic rings. The average molecular weight is 530 g/mol. The Hall–Kier alpha value is -2.72. The van der Waals surface area contributed by atoms with Crippen LogP contribution in [0.15, 0.2) is 18.2 Å². The van der Waals surface area contributed by atoms with Crippen LogP contribution in [0.1, 0.15) is 63.5 Å². The Bertz CT molecular complexity index is 1050. The van der Waals surface area contributed by atoms with Gasteiger partial charge in [-0.05, 0) is 58.2 Å². The Kier molecular flexibility index (Phi) is 8.18. The number of piperazine rings is 1. The minimum Gasteiger partial charge on any atom is -0.491 e. The van der Waals surface area contributed by atoms with E-state index in [4.69, 9.17) is 4.74 Å². The van der Waals surface area contributed by atoms with Gasteiger partial charge in [-0.3, -0.25) is 19.3 Å². The molecule has 3 aliphatic heterocycles. The second-order valence-electron chi connectivity index (χ2n) is 11.2. The fraction of sp³-hybridized carbons (Fsp3) is 0.679. The number of hydrogen-bond acceptors (Lipinski definition) is 6. The summed E-state index contributed by atoms with van der Waals surface area (Å²) in [6.45, 7) is 3.84. The van der Waals surface area contributed by atoms with Gasteiger partial charge in [0.15, 0.2) is 0 Å². The summed E-state index contributed by atoms with van der Waals surface area (Å²) in [6.07, 6.45) is 7.01. The third-order valence-electron chi connectivity index (χ3n) is 8.86. The first-order chi connectivity index (χ1) is 18.4. The molecule has 0 spiro atoms. The first kappa shape index (κ1) is 26.9. The second kappa shape index (κ2) is 11.6. The highest BCUT2D eigenvalue weighted by Crippen LogP contribution is 2.34. The maximum absolute atomic E-state index is 14.2. The van der Waals surface area contributed by atoms with Gasteiger partial charge in [-0.2, -0.15) is 0 Å². The smallest absolute Gasteiger partial charge is 0.246 e. The number of halogens is 1. The second-order valence-corrected chi connectivity index (χ2v) is 11.2. The lowest BCUT2D eigenvalue weighted by Crippen LogP contribution is -2.66. The predicted octanol–water partition coefficient (Wildman–Crippen LogP) is 1.72. The molecule has 3 N–H and O–H groups in total. The van der Waals surface area contributed by atoms with Crippen molar-refractivity contribution >= 4 is 17.7 Å². The van der Waals surface area contributed by atoms with Crippen molar-refractivity contribution in [2.75, 3.05) is 33.3 Å². The van der Waals surface area contributed by atoms with Crippen LogP contribution in [0.3, 0.4) is 0 Å². The molecule has 10 heteroatoms. The van der Waals surface area contributed by atoms with E-state index >= 15 is 0 Å². The van der Waals surface area contributed by atoms with Crippen LogP contribution in [-0.2, 0) is 14.4 Å². The van der Waals surface area contributed by atoms with E-state index in [0.29, 0.717) is 18.8 Å². The number of benzene rings is 1. The van der Waals surface area contributed by atoms with E-state index < -0.39 is 24.2 Å². The number of rotatable bonds is 7. The number of likely N-dealkylation sites (N-methyl/N-ethyl adjacent to an activating group) is 1. The van der Waals surface area contributed by atoms with Gasteiger partial charge in [0, 0.05) is 30.8 Å². The van der Waals surface area contributed by atoms with Crippen molar-refractivity contribution in [3.05, 3.63) is 29.6 Å². The summed E-state index contributed by atoms with van der Waals surface area (Å²) in [7, 11) is 1.72. The van der Waals surface area contributed by atoms with Gasteiger partial charge in [0.2, 0.25) is 17.7 Å². The minimum absolute atomic E-state index is 0.0552. The van der Waals surface area contributed by atoms with Crippen LogP contribution in [0.4, 0.5) is 4.39 Å². The molecule has 3 heterocycles. The van der Waals surface area contributed by atoms with Gasteiger partial charge < -0.3 is 25.6 Å². The summed E-state index contributed by atoms with van der Waals surface area (Å²) in [4.78, 5) is 44.9. The minimum atomic E-state index is -0.675.